The van der Waals surface area contributed by atoms with Crippen LogP contribution in [0.3, 0.4) is 0 Å². The number of aromatic nitrogens is 4. The maximum atomic E-state index is 14.8. The Morgan fingerprint density at radius 1 is 1.12 bits per heavy atom. The molecule has 0 unspecified atom stereocenters. The molecule has 2 aromatic carbocycles. The molecular formula is C24H22F2N6O2. The predicted octanol–water partition coefficient (Wildman–Crippen LogP) is 4.92. The Kier molecular flexibility index (Phi) is 6.33. The second-order valence-corrected chi connectivity index (χ2v) is 7.90. The number of amides is 1. The summed E-state index contributed by atoms with van der Waals surface area (Å²) >= 11 is 0. The summed E-state index contributed by atoms with van der Waals surface area (Å²) in [5.41, 5.74) is 3.88. The molecule has 8 nitrogen and oxygen atoms in total. The fourth-order valence-electron chi connectivity index (χ4n) is 3.70. The normalized spacial score (nSPS) is 11.5. The second kappa shape index (κ2) is 9.36. The van der Waals surface area contributed by atoms with Crippen molar-refractivity contribution in [1.29, 1.82) is 0 Å². The van der Waals surface area contributed by atoms with E-state index in [9.17, 15) is 13.6 Å². The van der Waals surface area contributed by atoms with Crippen LogP contribution < -0.4 is 10.8 Å². The van der Waals surface area contributed by atoms with E-state index in [1.807, 2.05) is 18.4 Å². The lowest BCUT2D eigenvalue weighted by Gasteiger charge is -2.12. The van der Waals surface area contributed by atoms with Gasteiger partial charge in [-0.2, -0.15) is 0 Å². The lowest BCUT2D eigenvalue weighted by molar-refractivity contribution is -0.124. The van der Waals surface area contributed by atoms with Crippen LogP contribution in [0.4, 0.5) is 20.4 Å². The van der Waals surface area contributed by atoms with Crippen LogP contribution in [0.25, 0.3) is 28.4 Å². The van der Waals surface area contributed by atoms with E-state index < -0.39 is 17.5 Å². The van der Waals surface area contributed by atoms with Gasteiger partial charge in [0.15, 0.2) is 11.6 Å². The Morgan fingerprint density at radius 2 is 1.85 bits per heavy atom. The van der Waals surface area contributed by atoms with Gasteiger partial charge < -0.3 is 9.88 Å². The van der Waals surface area contributed by atoms with Crippen molar-refractivity contribution < 1.29 is 18.8 Å². The van der Waals surface area contributed by atoms with Gasteiger partial charge in [0.1, 0.15) is 17.0 Å². The zero-order valence-electron chi connectivity index (χ0n) is 18.7. The van der Waals surface area contributed by atoms with Gasteiger partial charge in [-0.25, -0.2) is 29.2 Å². The number of hydroxylamine groups is 1. The van der Waals surface area contributed by atoms with Crippen LogP contribution in [-0.4, -0.2) is 30.6 Å². The predicted molar refractivity (Wildman–Crippen MR) is 124 cm³/mol. The van der Waals surface area contributed by atoms with Gasteiger partial charge in [-0.05, 0) is 56.7 Å². The Labute approximate surface area is 194 Å². The molecule has 0 aliphatic carbocycles. The number of anilines is 2. The number of hydrogen-bond acceptors (Lipinski definition) is 6. The van der Waals surface area contributed by atoms with Crippen LogP contribution in [0.2, 0.25) is 0 Å². The van der Waals surface area contributed by atoms with E-state index in [1.165, 1.54) is 23.7 Å². The zero-order valence-corrected chi connectivity index (χ0v) is 18.7. The van der Waals surface area contributed by atoms with Crippen LogP contribution in [0.1, 0.15) is 31.3 Å². The number of hydrogen-bond donors (Lipinski definition) is 3. The third-order valence-electron chi connectivity index (χ3n) is 5.16. The number of fused-ring (bicyclic) bond motifs is 1. The van der Waals surface area contributed by atoms with Gasteiger partial charge in [-0.3, -0.25) is 10.0 Å². The maximum absolute atomic E-state index is 14.8. The van der Waals surface area contributed by atoms with Crippen molar-refractivity contribution in [3.8, 4) is 11.3 Å². The molecular weight excluding hydrogens is 442 g/mol. The number of benzene rings is 2. The van der Waals surface area contributed by atoms with Gasteiger partial charge in [0.05, 0.1) is 11.7 Å². The number of aryl methyl sites for hydroxylation is 1. The Morgan fingerprint density at radius 3 is 2.53 bits per heavy atom. The number of carbonyl (C=O) groups excluding carboxylic acids is 1. The molecule has 0 aliphatic rings. The molecule has 0 bridgehead atoms. The van der Waals surface area contributed by atoms with Gasteiger partial charge >= 0.3 is 0 Å². The SMILES string of the molecule is Cc1nc2c(F)cc(-c3nc(Nc4ccc(/C=C/C(=O)NO)cc4)ncc3F)cc2n1C(C)C. The number of halogens is 2. The van der Waals surface area contributed by atoms with Gasteiger partial charge in [0.2, 0.25) is 5.95 Å². The number of carbonyl (C=O) groups is 1. The van der Waals surface area contributed by atoms with E-state index in [1.54, 1.807) is 37.3 Å². The summed E-state index contributed by atoms with van der Waals surface area (Å²) < 4.78 is 31.4. The molecule has 34 heavy (non-hydrogen) atoms. The summed E-state index contributed by atoms with van der Waals surface area (Å²) in [6, 6.07) is 9.84. The molecule has 0 radical (unpaired) electrons. The first-order valence-corrected chi connectivity index (χ1v) is 10.5. The molecule has 0 saturated carbocycles. The minimum Gasteiger partial charge on any atom is -0.326 e. The highest BCUT2D eigenvalue weighted by Crippen LogP contribution is 2.30. The first-order valence-electron chi connectivity index (χ1n) is 10.5. The molecule has 3 N–H and O–H groups in total. The summed E-state index contributed by atoms with van der Waals surface area (Å²) in [5.74, 6) is -1.08. The van der Waals surface area contributed by atoms with E-state index in [0.717, 1.165) is 11.8 Å². The maximum Gasteiger partial charge on any atom is 0.267 e. The van der Waals surface area contributed by atoms with Gasteiger partial charge in [-0.15, -0.1) is 0 Å². The number of nitrogens with zero attached hydrogens (tertiary/aromatic N) is 4. The fourth-order valence-corrected chi connectivity index (χ4v) is 3.70. The van der Waals surface area contributed by atoms with Crippen LogP contribution in [0, 0.1) is 18.6 Å². The highest BCUT2D eigenvalue weighted by Gasteiger charge is 2.18. The van der Waals surface area contributed by atoms with E-state index >= 15 is 0 Å². The molecule has 0 aliphatic heterocycles. The second-order valence-electron chi connectivity index (χ2n) is 7.90. The smallest absolute Gasteiger partial charge is 0.267 e. The van der Waals surface area contributed by atoms with E-state index in [0.29, 0.717) is 17.0 Å². The Bertz CT molecular complexity index is 1400. The van der Waals surface area contributed by atoms with Crippen molar-refractivity contribution in [1.82, 2.24) is 25.0 Å². The molecule has 4 rings (SSSR count). The molecule has 0 spiro atoms. The van der Waals surface area contributed by atoms with Crippen molar-refractivity contribution in [2.45, 2.75) is 26.8 Å². The monoisotopic (exact) mass is 464 g/mol. The van der Waals surface area contributed by atoms with Gasteiger partial charge in [-0.1, -0.05) is 12.1 Å². The summed E-state index contributed by atoms with van der Waals surface area (Å²) in [6.07, 6.45) is 3.74. The molecule has 2 aromatic heterocycles. The van der Waals surface area contributed by atoms with E-state index in [4.69, 9.17) is 5.21 Å². The molecule has 2 heterocycles. The summed E-state index contributed by atoms with van der Waals surface area (Å²) in [4.78, 5) is 23.6. The molecule has 1 amide bonds. The highest BCUT2D eigenvalue weighted by atomic mass is 19.1. The standard InChI is InChI=1S/C24H22F2N6O2/c1-13(2)32-14(3)28-23-18(25)10-16(11-20(23)32)22-19(26)12-27-24(30-22)29-17-7-4-15(5-8-17)6-9-21(33)31-34/h4-13,34H,1-3H3,(H,31,33)(H,27,29,30)/b9-6+. The summed E-state index contributed by atoms with van der Waals surface area (Å²) in [5, 5.41) is 11.5. The lowest BCUT2D eigenvalue weighted by atomic mass is 10.1. The quantitative estimate of drug-likeness (QED) is 0.212. The first-order chi connectivity index (χ1) is 16.3. The van der Waals surface area contributed by atoms with Gasteiger partial charge in [0.25, 0.3) is 5.91 Å². The third-order valence-corrected chi connectivity index (χ3v) is 5.16. The topological polar surface area (TPSA) is 105 Å². The van der Waals surface area contributed by atoms with Crippen molar-refractivity contribution in [2.24, 2.45) is 0 Å². The Balaban J connectivity index is 1.65. The van der Waals surface area contributed by atoms with Crippen molar-refractivity contribution in [2.75, 3.05) is 5.32 Å². The molecule has 4 aromatic rings. The third kappa shape index (κ3) is 4.62. The molecule has 10 heteroatoms. The van der Waals surface area contributed by atoms with Crippen LogP contribution in [0.15, 0.2) is 48.7 Å². The number of nitrogens with one attached hydrogen (secondary N) is 2. The van der Waals surface area contributed by atoms with Crippen LogP contribution in [0.5, 0.6) is 0 Å². The van der Waals surface area contributed by atoms with Crippen molar-refractivity contribution in [3.63, 3.8) is 0 Å². The van der Waals surface area contributed by atoms with E-state index in [-0.39, 0.29) is 28.8 Å². The first kappa shape index (κ1) is 23.0. The average molecular weight is 464 g/mol. The zero-order chi connectivity index (χ0) is 24.4. The lowest BCUT2D eigenvalue weighted by Crippen LogP contribution is -2.14. The van der Waals surface area contributed by atoms with Crippen molar-refractivity contribution in [3.05, 3.63) is 71.7 Å². The fraction of sp³-hybridized carbons (Fsp3) is 0.167. The summed E-state index contributed by atoms with van der Waals surface area (Å²) in [6.45, 7) is 5.73. The molecule has 0 fully saturated rings. The number of rotatable bonds is 6. The molecule has 0 saturated heterocycles. The molecule has 0 atom stereocenters. The van der Waals surface area contributed by atoms with Gasteiger partial charge in [0, 0.05) is 23.4 Å². The minimum absolute atomic E-state index is 0.0398. The molecule has 174 valence electrons. The van der Waals surface area contributed by atoms with Crippen LogP contribution in [-0.2, 0) is 4.79 Å². The average Bonchev–Trinajstić information content (AvgIpc) is 3.16. The number of imidazole rings is 1. The van der Waals surface area contributed by atoms with E-state index in [2.05, 4.69) is 20.3 Å². The largest absolute Gasteiger partial charge is 0.326 e. The Hall–Kier alpha value is -4.18. The van der Waals surface area contributed by atoms with Crippen molar-refractivity contribution >= 4 is 34.7 Å². The van der Waals surface area contributed by atoms with Crippen LogP contribution >= 0.6 is 0 Å². The minimum atomic E-state index is -0.681. The summed E-state index contributed by atoms with van der Waals surface area (Å²) in [7, 11) is 0. The highest BCUT2D eigenvalue weighted by molar-refractivity contribution is 5.90.